The summed E-state index contributed by atoms with van der Waals surface area (Å²) in [6.07, 6.45) is 3.27. The Morgan fingerprint density at radius 3 is 2.92 bits per heavy atom. The summed E-state index contributed by atoms with van der Waals surface area (Å²) >= 11 is 1.49. The second kappa shape index (κ2) is 3.66. The molecule has 0 bridgehead atoms. The van der Waals surface area contributed by atoms with Crippen molar-refractivity contribution in [1.82, 2.24) is 4.98 Å². The van der Waals surface area contributed by atoms with Gasteiger partial charge in [0.15, 0.2) is 0 Å². The molecule has 0 aliphatic carbocycles. The van der Waals surface area contributed by atoms with E-state index in [0.717, 1.165) is 5.01 Å². The largest absolute Gasteiger partial charge is 0.239 e. The van der Waals surface area contributed by atoms with Crippen molar-refractivity contribution < 1.29 is 4.39 Å². The highest BCUT2D eigenvalue weighted by Gasteiger charge is 2.03. The second-order valence-corrected chi connectivity index (χ2v) is 3.58. The van der Waals surface area contributed by atoms with Crippen molar-refractivity contribution in [3.63, 3.8) is 0 Å². The number of aromatic nitrogens is 1. The third-order valence-corrected chi connectivity index (χ3v) is 2.47. The molecule has 0 N–H and O–H groups in total. The molecule has 0 saturated heterocycles. The number of hydrogen-bond acceptors (Lipinski definition) is 2. The molecule has 2 aromatic rings. The van der Waals surface area contributed by atoms with Crippen LogP contribution >= 0.6 is 11.3 Å². The summed E-state index contributed by atoms with van der Waals surface area (Å²) in [4.78, 5) is 3.98. The first-order chi connectivity index (χ1) is 6.36. The predicted molar refractivity (Wildman–Crippen MR) is 50.2 cm³/mol. The monoisotopic (exact) mass is 192 g/mol. The molecule has 1 aromatic heterocycles. The molecule has 3 heteroatoms. The van der Waals surface area contributed by atoms with Crippen molar-refractivity contribution in [2.45, 2.75) is 6.42 Å². The Balaban J connectivity index is 2.24. The van der Waals surface area contributed by atoms with Crippen molar-refractivity contribution in [3.8, 4) is 0 Å². The minimum Gasteiger partial charge on any atom is -0.239 e. The summed E-state index contributed by atoms with van der Waals surface area (Å²) in [5.41, 5.74) is 0.686. The highest BCUT2D eigenvalue weighted by atomic mass is 32.1. The third kappa shape index (κ3) is 1.92. The molecule has 1 aromatic carbocycles. The normalized spacial score (nSPS) is 10.2. The SMILES string of the molecule is Fc1ccccc1Cc1n[c]cs1. The van der Waals surface area contributed by atoms with Gasteiger partial charge in [-0.15, -0.1) is 11.3 Å². The number of rotatable bonds is 2. The van der Waals surface area contributed by atoms with Gasteiger partial charge < -0.3 is 0 Å². The molecule has 0 unspecified atom stereocenters. The molecule has 0 amide bonds. The topological polar surface area (TPSA) is 12.9 Å². The van der Waals surface area contributed by atoms with Gasteiger partial charge in [-0.2, -0.15) is 0 Å². The predicted octanol–water partition coefficient (Wildman–Crippen LogP) is 2.67. The standard InChI is InChI=1S/C10H7FNS/c11-9-4-2-1-3-8(9)7-10-12-5-6-13-10/h1-4,6H,7H2. The summed E-state index contributed by atoms with van der Waals surface area (Å²) in [7, 11) is 0. The molecule has 0 atom stereocenters. The Morgan fingerprint density at radius 2 is 2.23 bits per heavy atom. The molecule has 65 valence electrons. The van der Waals surface area contributed by atoms with Crippen molar-refractivity contribution in [1.29, 1.82) is 0 Å². The van der Waals surface area contributed by atoms with E-state index in [4.69, 9.17) is 0 Å². The Hall–Kier alpha value is -1.22. The Morgan fingerprint density at radius 1 is 1.38 bits per heavy atom. The number of hydrogen-bond donors (Lipinski definition) is 0. The molecule has 0 aliphatic heterocycles. The van der Waals surface area contributed by atoms with Crippen LogP contribution in [0.25, 0.3) is 0 Å². The van der Waals surface area contributed by atoms with Gasteiger partial charge in [0.25, 0.3) is 0 Å². The zero-order valence-corrected chi connectivity index (χ0v) is 7.64. The lowest BCUT2D eigenvalue weighted by Gasteiger charge is -1.98. The van der Waals surface area contributed by atoms with Gasteiger partial charge in [-0.05, 0) is 11.6 Å². The molecule has 1 heterocycles. The summed E-state index contributed by atoms with van der Waals surface area (Å²) in [6, 6.07) is 6.76. The van der Waals surface area contributed by atoms with E-state index in [1.807, 2.05) is 6.07 Å². The molecule has 1 radical (unpaired) electrons. The van der Waals surface area contributed by atoms with Gasteiger partial charge in [-0.3, -0.25) is 0 Å². The molecule has 1 nitrogen and oxygen atoms in total. The lowest BCUT2D eigenvalue weighted by molar-refractivity contribution is 0.614. The molecular weight excluding hydrogens is 185 g/mol. The van der Waals surface area contributed by atoms with Gasteiger partial charge in [0, 0.05) is 11.8 Å². The first-order valence-electron chi connectivity index (χ1n) is 3.90. The molecule has 0 spiro atoms. The van der Waals surface area contributed by atoms with Crippen LogP contribution in [0.15, 0.2) is 29.6 Å². The molecule has 2 rings (SSSR count). The van der Waals surface area contributed by atoms with Gasteiger partial charge in [0.05, 0.1) is 5.01 Å². The summed E-state index contributed by atoms with van der Waals surface area (Å²) in [5, 5.41) is 2.67. The van der Waals surface area contributed by atoms with E-state index in [2.05, 4.69) is 11.2 Å². The Bertz CT molecular complexity index is 384. The highest BCUT2D eigenvalue weighted by Crippen LogP contribution is 2.14. The minimum absolute atomic E-state index is 0.169. The maximum atomic E-state index is 13.1. The molecule has 13 heavy (non-hydrogen) atoms. The van der Waals surface area contributed by atoms with Crippen LogP contribution in [-0.4, -0.2) is 4.98 Å². The van der Waals surface area contributed by atoms with E-state index < -0.39 is 0 Å². The lowest BCUT2D eigenvalue weighted by atomic mass is 10.1. The summed E-state index contributed by atoms with van der Waals surface area (Å²) < 4.78 is 13.1. The average molecular weight is 192 g/mol. The van der Waals surface area contributed by atoms with Crippen LogP contribution in [0.3, 0.4) is 0 Å². The van der Waals surface area contributed by atoms with E-state index in [1.54, 1.807) is 17.5 Å². The zero-order valence-electron chi connectivity index (χ0n) is 6.83. The number of nitrogens with zero attached hydrogens (tertiary/aromatic N) is 1. The van der Waals surface area contributed by atoms with E-state index in [1.165, 1.54) is 17.4 Å². The van der Waals surface area contributed by atoms with Crippen molar-refractivity contribution in [2.24, 2.45) is 0 Å². The average Bonchev–Trinajstić information content (AvgIpc) is 2.61. The number of thiazole rings is 1. The van der Waals surface area contributed by atoms with E-state index in [0.29, 0.717) is 12.0 Å². The van der Waals surface area contributed by atoms with Crippen LogP contribution in [0.5, 0.6) is 0 Å². The van der Waals surface area contributed by atoms with Crippen molar-refractivity contribution >= 4 is 11.3 Å². The van der Waals surface area contributed by atoms with E-state index in [9.17, 15) is 4.39 Å². The molecule has 0 aliphatic rings. The van der Waals surface area contributed by atoms with Gasteiger partial charge in [-0.1, -0.05) is 18.2 Å². The molecular formula is C10H7FNS. The quantitative estimate of drug-likeness (QED) is 0.712. The van der Waals surface area contributed by atoms with Crippen molar-refractivity contribution in [2.75, 3.05) is 0 Å². The zero-order chi connectivity index (χ0) is 9.10. The maximum Gasteiger partial charge on any atom is 0.126 e. The summed E-state index contributed by atoms with van der Waals surface area (Å²) in [6.45, 7) is 0. The van der Waals surface area contributed by atoms with Crippen LogP contribution in [0, 0.1) is 12.0 Å². The van der Waals surface area contributed by atoms with E-state index >= 15 is 0 Å². The van der Waals surface area contributed by atoms with Gasteiger partial charge in [0.1, 0.15) is 12.0 Å². The van der Waals surface area contributed by atoms with Crippen LogP contribution in [0.4, 0.5) is 4.39 Å². The van der Waals surface area contributed by atoms with E-state index in [-0.39, 0.29) is 5.82 Å². The van der Waals surface area contributed by atoms with Crippen LogP contribution < -0.4 is 0 Å². The number of halogens is 1. The first-order valence-corrected chi connectivity index (χ1v) is 4.78. The van der Waals surface area contributed by atoms with Gasteiger partial charge >= 0.3 is 0 Å². The Kier molecular flexibility index (Phi) is 2.36. The fourth-order valence-electron chi connectivity index (χ4n) is 1.10. The maximum absolute atomic E-state index is 13.1. The highest BCUT2D eigenvalue weighted by molar-refractivity contribution is 7.09. The van der Waals surface area contributed by atoms with Gasteiger partial charge in [0.2, 0.25) is 0 Å². The minimum atomic E-state index is -0.169. The second-order valence-electron chi connectivity index (χ2n) is 2.64. The van der Waals surface area contributed by atoms with Crippen LogP contribution in [-0.2, 0) is 6.42 Å². The lowest BCUT2D eigenvalue weighted by Crippen LogP contribution is -1.90. The van der Waals surface area contributed by atoms with Crippen LogP contribution in [0.1, 0.15) is 10.6 Å². The fraction of sp³-hybridized carbons (Fsp3) is 0.100. The molecule has 0 saturated carbocycles. The van der Waals surface area contributed by atoms with Crippen LogP contribution in [0.2, 0.25) is 0 Å². The van der Waals surface area contributed by atoms with Gasteiger partial charge in [-0.25, -0.2) is 9.37 Å². The first kappa shape index (κ1) is 8.38. The fourth-order valence-corrected chi connectivity index (χ4v) is 1.69. The Labute approximate surface area is 79.9 Å². The van der Waals surface area contributed by atoms with Crippen molar-refractivity contribution in [3.05, 3.63) is 52.2 Å². The summed E-state index contributed by atoms with van der Waals surface area (Å²) in [5.74, 6) is -0.169. The smallest absolute Gasteiger partial charge is 0.126 e. The third-order valence-electron chi connectivity index (χ3n) is 1.74. The molecule has 0 fully saturated rings. The number of benzene rings is 1.